The lowest BCUT2D eigenvalue weighted by Crippen LogP contribution is -1.76. The highest BCUT2D eigenvalue weighted by atomic mass is 32.1. The van der Waals surface area contributed by atoms with Gasteiger partial charge in [-0.2, -0.15) is 4.37 Å². The Morgan fingerprint density at radius 3 is 2.78 bits per heavy atom. The lowest BCUT2D eigenvalue weighted by Gasteiger charge is -1.96. The zero-order chi connectivity index (χ0) is 11.9. The van der Waals surface area contributed by atoms with E-state index in [2.05, 4.69) is 39.8 Å². The fourth-order valence-corrected chi connectivity index (χ4v) is 3.62. The Hall–Kier alpha value is -1.78. The Balaban J connectivity index is 2.04. The van der Waals surface area contributed by atoms with E-state index in [4.69, 9.17) is 0 Å². The lowest BCUT2D eigenvalue weighted by molar-refractivity contribution is 1.48. The van der Waals surface area contributed by atoms with Gasteiger partial charge in [-0.15, -0.1) is 11.3 Å². The van der Waals surface area contributed by atoms with Crippen molar-refractivity contribution in [3.63, 3.8) is 0 Å². The molecule has 2 aromatic heterocycles. The van der Waals surface area contributed by atoms with Gasteiger partial charge in [0.2, 0.25) is 0 Å². The first-order chi connectivity index (χ1) is 8.92. The van der Waals surface area contributed by atoms with Crippen LogP contribution in [0.1, 0.15) is 0 Å². The molecule has 0 bridgehead atoms. The van der Waals surface area contributed by atoms with Crippen molar-refractivity contribution in [1.82, 2.24) is 9.36 Å². The number of fused-ring (bicyclic) bond motifs is 2. The van der Waals surface area contributed by atoms with Crippen LogP contribution in [-0.2, 0) is 0 Å². The number of nitrogens with zero attached hydrogens (tertiary/aromatic N) is 2. The minimum atomic E-state index is 1.04. The van der Waals surface area contributed by atoms with Crippen LogP contribution in [0.3, 0.4) is 0 Å². The molecule has 0 atom stereocenters. The van der Waals surface area contributed by atoms with Gasteiger partial charge in [-0.1, -0.05) is 24.3 Å². The number of hydrogen-bond donors (Lipinski definition) is 0. The summed E-state index contributed by atoms with van der Waals surface area (Å²) in [5.41, 5.74) is 2.18. The minimum Gasteiger partial charge on any atom is -0.236 e. The van der Waals surface area contributed by atoms with Gasteiger partial charge in [-0.3, -0.25) is 0 Å². The topological polar surface area (TPSA) is 25.8 Å². The van der Waals surface area contributed by atoms with E-state index in [0.29, 0.717) is 0 Å². The molecule has 4 heteroatoms. The lowest BCUT2D eigenvalue weighted by atomic mass is 10.1. The van der Waals surface area contributed by atoms with E-state index in [1.54, 1.807) is 11.3 Å². The molecule has 1 radical (unpaired) electrons. The normalized spacial score (nSPS) is 11.3. The molecular formula is C14H7N2S2. The molecule has 85 valence electrons. The smallest absolute Gasteiger partial charge is 0.125 e. The predicted octanol–water partition coefficient (Wildman–Crippen LogP) is 4.37. The third-order valence-corrected chi connectivity index (χ3v) is 4.64. The van der Waals surface area contributed by atoms with E-state index >= 15 is 0 Å². The average molecular weight is 267 g/mol. The van der Waals surface area contributed by atoms with E-state index in [1.165, 1.54) is 16.2 Å². The first-order valence-corrected chi connectivity index (χ1v) is 7.13. The van der Waals surface area contributed by atoms with Gasteiger partial charge in [0.15, 0.2) is 0 Å². The maximum Gasteiger partial charge on any atom is 0.125 e. The van der Waals surface area contributed by atoms with Crippen molar-refractivity contribution in [1.29, 1.82) is 0 Å². The van der Waals surface area contributed by atoms with Crippen LogP contribution in [0.2, 0.25) is 0 Å². The van der Waals surface area contributed by atoms with Crippen LogP contribution < -0.4 is 0 Å². The van der Waals surface area contributed by atoms with Crippen molar-refractivity contribution in [2.45, 2.75) is 0 Å². The molecule has 2 nitrogen and oxygen atoms in total. The number of thiazole rings is 1. The van der Waals surface area contributed by atoms with Crippen LogP contribution >= 0.6 is 22.9 Å². The van der Waals surface area contributed by atoms with Crippen molar-refractivity contribution < 1.29 is 0 Å². The zero-order valence-electron chi connectivity index (χ0n) is 9.25. The SMILES string of the molecule is [c]1nsc2cccc(-c3nc4ccccc4s3)c12. The van der Waals surface area contributed by atoms with Crippen LogP contribution in [0.4, 0.5) is 0 Å². The van der Waals surface area contributed by atoms with Crippen LogP contribution in [0.5, 0.6) is 0 Å². The van der Waals surface area contributed by atoms with Gasteiger partial charge in [-0.05, 0) is 29.7 Å². The number of hydrogen-bond acceptors (Lipinski definition) is 4. The van der Waals surface area contributed by atoms with E-state index in [1.807, 2.05) is 18.2 Å². The van der Waals surface area contributed by atoms with Gasteiger partial charge in [0.1, 0.15) is 11.2 Å². The van der Waals surface area contributed by atoms with Gasteiger partial charge < -0.3 is 0 Å². The second-order valence-corrected chi connectivity index (χ2v) is 5.80. The van der Waals surface area contributed by atoms with Gasteiger partial charge in [0.25, 0.3) is 0 Å². The molecule has 4 aromatic rings. The van der Waals surface area contributed by atoms with Crippen LogP contribution in [0.15, 0.2) is 42.5 Å². The molecule has 4 rings (SSSR count). The Kier molecular flexibility index (Phi) is 2.18. The zero-order valence-corrected chi connectivity index (χ0v) is 10.9. The van der Waals surface area contributed by atoms with E-state index in [-0.39, 0.29) is 0 Å². The van der Waals surface area contributed by atoms with Crippen LogP contribution in [0, 0.1) is 6.20 Å². The highest BCUT2D eigenvalue weighted by Crippen LogP contribution is 2.34. The van der Waals surface area contributed by atoms with Crippen LogP contribution in [-0.4, -0.2) is 9.36 Å². The summed E-state index contributed by atoms with van der Waals surface area (Å²) in [6.07, 6.45) is 3.07. The third kappa shape index (κ3) is 1.46. The summed E-state index contributed by atoms with van der Waals surface area (Å²) >= 11 is 3.19. The molecule has 0 fully saturated rings. The van der Waals surface area contributed by atoms with Crippen molar-refractivity contribution in [3.05, 3.63) is 48.7 Å². The number of rotatable bonds is 1. The summed E-state index contributed by atoms with van der Waals surface area (Å²) in [7, 11) is 0. The molecule has 0 aliphatic rings. The van der Waals surface area contributed by atoms with Crippen molar-refractivity contribution in [2.75, 3.05) is 0 Å². The van der Waals surface area contributed by atoms with Gasteiger partial charge >= 0.3 is 0 Å². The summed E-state index contributed by atoms with van der Waals surface area (Å²) in [6, 6.07) is 14.4. The minimum absolute atomic E-state index is 1.04. The van der Waals surface area contributed by atoms with Gasteiger partial charge in [0.05, 0.1) is 14.9 Å². The third-order valence-electron chi connectivity index (χ3n) is 2.85. The maximum absolute atomic E-state index is 4.69. The predicted molar refractivity (Wildman–Crippen MR) is 77.1 cm³/mol. The molecule has 18 heavy (non-hydrogen) atoms. The summed E-state index contributed by atoms with van der Waals surface area (Å²) in [4.78, 5) is 4.69. The molecule has 2 heterocycles. The quantitative estimate of drug-likeness (QED) is 0.511. The largest absolute Gasteiger partial charge is 0.236 e. The first-order valence-electron chi connectivity index (χ1n) is 5.54. The van der Waals surface area contributed by atoms with E-state index in [0.717, 1.165) is 26.2 Å². The fraction of sp³-hybridized carbons (Fsp3) is 0. The number of benzene rings is 2. The Bertz CT molecular complexity index is 812. The number of aromatic nitrogens is 2. The first kappa shape index (κ1) is 10.2. The summed E-state index contributed by atoms with van der Waals surface area (Å²) in [6.45, 7) is 0. The van der Waals surface area contributed by atoms with Gasteiger partial charge in [-0.25, -0.2) is 4.98 Å². The average Bonchev–Trinajstić information content (AvgIpc) is 3.04. The second kappa shape index (κ2) is 3.86. The molecule has 0 amide bonds. The second-order valence-electron chi connectivity index (χ2n) is 3.96. The van der Waals surface area contributed by atoms with E-state index < -0.39 is 0 Å². The van der Waals surface area contributed by atoms with Gasteiger partial charge in [0, 0.05) is 10.9 Å². The van der Waals surface area contributed by atoms with Crippen molar-refractivity contribution in [2.24, 2.45) is 0 Å². The Labute approximate surface area is 112 Å². The number of para-hydroxylation sites is 1. The molecule has 0 saturated carbocycles. The molecule has 0 unspecified atom stereocenters. The molecular weight excluding hydrogens is 260 g/mol. The fourth-order valence-electron chi connectivity index (χ4n) is 2.01. The maximum atomic E-state index is 4.69. The monoisotopic (exact) mass is 267 g/mol. The highest BCUT2D eigenvalue weighted by molar-refractivity contribution is 7.21. The Morgan fingerprint density at radius 2 is 1.83 bits per heavy atom. The summed E-state index contributed by atoms with van der Waals surface area (Å²) in [5.74, 6) is 0. The van der Waals surface area contributed by atoms with Crippen LogP contribution in [0.25, 0.3) is 30.9 Å². The Morgan fingerprint density at radius 1 is 0.944 bits per heavy atom. The van der Waals surface area contributed by atoms with Crippen molar-refractivity contribution >= 4 is 43.2 Å². The highest BCUT2D eigenvalue weighted by Gasteiger charge is 2.10. The summed E-state index contributed by atoms with van der Waals surface area (Å²) < 4.78 is 6.51. The summed E-state index contributed by atoms with van der Waals surface area (Å²) in [5, 5.41) is 2.11. The molecule has 0 aliphatic heterocycles. The molecule has 0 spiro atoms. The molecule has 0 N–H and O–H groups in total. The molecule has 2 aromatic carbocycles. The molecule has 0 saturated heterocycles. The van der Waals surface area contributed by atoms with Crippen molar-refractivity contribution in [3.8, 4) is 10.6 Å². The standard InChI is InChI=1S/C14H7N2S2/c1-2-6-13-11(5-1)16-14(17-13)9-4-3-7-12-10(9)8-15-18-12/h1-7H. The van der Waals surface area contributed by atoms with E-state index in [9.17, 15) is 0 Å². The molecule has 0 aliphatic carbocycles.